The number of nitro groups is 1. The summed E-state index contributed by atoms with van der Waals surface area (Å²) in [6.07, 6.45) is 8.62. The van der Waals surface area contributed by atoms with E-state index in [4.69, 9.17) is 14.2 Å². The van der Waals surface area contributed by atoms with Gasteiger partial charge in [0.15, 0.2) is 0 Å². The van der Waals surface area contributed by atoms with Gasteiger partial charge in [-0.2, -0.15) is 0 Å². The molecule has 4 aliphatic rings. The maximum atomic E-state index is 12.9. The number of nitrogens with zero attached hydrogens (tertiary/aromatic N) is 1. The number of hydrogen-bond donors (Lipinski definition) is 0. The van der Waals surface area contributed by atoms with Crippen LogP contribution in [0.4, 0.5) is 5.69 Å². The summed E-state index contributed by atoms with van der Waals surface area (Å²) in [6.45, 7) is 8.66. The van der Waals surface area contributed by atoms with Crippen molar-refractivity contribution in [3.63, 3.8) is 0 Å². The monoisotopic (exact) mass is 597 g/mol. The Kier molecular flexibility index (Phi) is 8.92. The first kappa shape index (κ1) is 31.5. The molecule has 0 saturated heterocycles. The molecular formula is C34H47NO8. The summed E-state index contributed by atoms with van der Waals surface area (Å²) in [7, 11) is 1.45. The number of nitro benzene ring substituents is 1. The van der Waals surface area contributed by atoms with E-state index in [1.807, 2.05) is 0 Å². The Morgan fingerprint density at radius 3 is 2.30 bits per heavy atom. The Morgan fingerprint density at radius 2 is 1.65 bits per heavy atom. The molecule has 10 atom stereocenters. The first-order chi connectivity index (χ1) is 20.4. The van der Waals surface area contributed by atoms with Crippen molar-refractivity contribution >= 4 is 23.6 Å². The first-order valence-corrected chi connectivity index (χ1v) is 16.1. The summed E-state index contributed by atoms with van der Waals surface area (Å²) in [5.41, 5.74) is 0.471. The number of hydrogen-bond acceptors (Lipinski definition) is 8. The van der Waals surface area contributed by atoms with E-state index in [0.29, 0.717) is 41.6 Å². The maximum Gasteiger partial charge on any atom is 0.338 e. The fraction of sp³-hybridized carbons (Fsp3) is 0.735. The molecule has 5 rings (SSSR count). The summed E-state index contributed by atoms with van der Waals surface area (Å²) < 4.78 is 17.0. The van der Waals surface area contributed by atoms with Crippen LogP contribution in [0.2, 0.25) is 0 Å². The summed E-state index contributed by atoms with van der Waals surface area (Å²) in [5.74, 6) is 1.58. The van der Waals surface area contributed by atoms with Crippen molar-refractivity contribution in [2.24, 2.45) is 46.3 Å². The van der Waals surface area contributed by atoms with Crippen LogP contribution in [-0.4, -0.2) is 42.1 Å². The molecule has 43 heavy (non-hydrogen) atoms. The average molecular weight is 598 g/mol. The van der Waals surface area contributed by atoms with Gasteiger partial charge in [-0.15, -0.1) is 0 Å². The molecule has 4 aliphatic carbocycles. The second kappa shape index (κ2) is 12.2. The van der Waals surface area contributed by atoms with Gasteiger partial charge in [-0.25, -0.2) is 4.79 Å². The van der Waals surface area contributed by atoms with Crippen molar-refractivity contribution in [2.75, 3.05) is 7.11 Å². The van der Waals surface area contributed by atoms with Gasteiger partial charge in [0.1, 0.15) is 12.2 Å². The van der Waals surface area contributed by atoms with Crippen molar-refractivity contribution in [1.82, 2.24) is 0 Å². The van der Waals surface area contributed by atoms with Gasteiger partial charge in [0.25, 0.3) is 5.69 Å². The highest BCUT2D eigenvalue weighted by Crippen LogP contribution is 2.69. The molecule has 1 aromatic rings. The van der Waals surface area contributed by atoms with Crippen molar-refractivity contribution in [3.05, 3.63) is 39.9 Å². The summed E-state index contributed by atoms with van der Waals surface area (Å²) in [5, 5.41) is 11.0. The number of rotatable bonds is 8. The van der Waals surface area contributed by atoms with Crippen LogP contribution in [0.15, 0.2) is 24.3 Å². The van der Waals surface area contributed by atoms with Crippen LogP contribution in [0, 0.1) is 56.5 Å². The van der Waals surface area contributed by atoms with Crippen molar-refractivity contribution in [1.29, 1.82) is 0 Å². The number of ether oxygens (including phenoxy) is 3. The second-order valence-corrected chi connectivity index (χ2v) is 14.3. The highest BCUT2D eigenvalue weighted by molar-refractivity contribution is 5.89. The highest BCUT2D eigenvalue weighted by atomic mass is 16.6. The van der Waals surface area contributed by atoms with Crippen LogP contribution in [0.1, 0.15) is 102 Å². The molecule has 0 amide bonds. The number of fused-ring (bicyclic) bond motifs is 5. The lowest BCUT2D eigenvalue weighted by molar-refractivity contribution is -0.384. The zero-order valence-corrected chi connectivity index (χ0v) is 26.2. The molecule has 9 nitrogen and oxygen atoms in total. The third-order valence-electron chi connectivity index (χ3n) is 12.3. The number of esters is 3. The molecule has 0 N–H and O–H groups in total. The smallest absolute Gasteiger partial charge is 0.338 e. The zero-order valence-electron chi connectivity index (χ0n) is 26.2. The van der Waals surface area contributed by atoms with Gasteiger partial charge in [0.05, 0.1) is 17.6 Å². The molecule has 236 valence electrons. The fourth-order valence-corrected chi connectivity index (χ4v) is 10.2. The molecule has 0 aliphatic heterocycles. The average Bonchev–Trinajstić information content (AvgIpc) is 3.33. The molecular weight excluding hydrogens is 550 g/mol. The molecule has 0 heterocycles. The summed E-state index contributed by atoms with van der Waals surface area (Å²) >= 11 is 0. The van der Waals surface area contributed by atoms with E-state index >= 15 is 0 Å². The van der Waals surface area contributed by atoms with Crippen LogP contribution < -0.4 is 0 Å². The lowest BCUT2D eigenvalue weighted by atomic mass is 9.43. The molecule has 0 unspecified atom stereocenters. The third-order valence-corrected chi connectivity index (χ3v) is 12.3. The Bertz CT molecular complexity index is 1230. The lowest BCUT2D eigenvalue weighted by Gasteiger charge is -2.62. The standard InChI is InChI=1S/C34H47NO8/c1-20(6-13-30(37)41-5)26-11-12-27-31-28(15-17-34(26,27)4)33(3)16-14-25(18-23(33)19-29(31)42-21(2)36)43-32(38)22-7-9-24(10-8-22)35(39)40/h7-10,20,23,25-29,31H,6,11-19H2,1-5H3/t20-,23+,25+,26-,27+,28+,29+,31+,33+,34-/m1/s1. The topological polar surface area (TPSA) is 122 Å². The molecule has 0 aromatic heterocycles. The SMILES string of the molecule is COC(=O)CC[C@@H](C)[C@H]1CC[C@H]2[C@@H]3[C@@H](OC(C)=O)C[C@@H]4C[C@@H](OC(=O)c5ccc([N+](=O)[O-])cc5)CC[C@]4(C)[C@H]3CC[C@]12C. The quantitative estimate of drug-likeness (QED) is 0.137. The van der Waals surface area contributed by atoms with Gasteiger partial charge in [0, 0.05) is 31.4 Å². The van der Waals surface area contributed by atoms with E-state index < -0.39 is 10.9 Å². The molecule has 4 fully saturated rings. The van der Waals surface area contributed by atoms with E-state index in [1.165, 1.54) is 38.3 Å². The predicted molar refractivity (Wildman–Crippen MR) is 159 cm³/mol. The highest BCUT2D eigenvalue weighted by Gasteiger charge is 2.64. The van der Waals surface area contributed by atoms with Crippen LogP contribution >= 0.6 is 0 Å². The van der Waals surface area contributed by atoms with Crippen molar-refractivity contribution in [2.45, 2.75) is 104 Å². The minimum Gasteiger partial charge on any atom is -0.469 e. The zero-order chi connectivity index (χ0) is 31.1. The number of carbonyl (C=O) groups is 3. The van der Waals surface area contributed by atoms with Crippen molar-refractivity contribution < 1.29 is 33.5 Å². The Labute approximate surface area is 254 Å². The van der Waals surface area contributed by atoms with Gasteiger partial charge in [-0.3, -0.25) is 19.7 Å². The largest absolute Gasteiger partial charge is 0.469 e. The fourth-order valence-electron chi connectivity index (χ4n) is 10.2. The minimum absolute atomic E-state index is 0.0638. The Morgan fingerprint density at radius 1 is 0.977 bits per heavy atom. The Balaban J connectivity index is 1.32. The molecule has 0 radical (unpaired) electrons. The molecule has 0 spiro atoms. The van der Waals surface area contributed by atoms with E-state index in [2.05, 4.69) is 20.8 Å². The number of benzene rings is 1. The van der Waals surface area contributed by atoms with Crippen LogP contribution in [0.3, 0.4) is 0 Å². The predicted octanol–water partition coefficient (Wildman–Crippen LogP) is 6.91. The molecule has 9 heteroatoms. The van der Waals surface area contributed by atoms with Gasteiger partial charge >= 0.3 is 17.9 Å². The van der Waals surface area contributed by atoms with Gasteiger partial charge in [-0.1, -0.05) is 20.8 Å². The third kappa shape index (κ3) is 5.93. The van der Waals surface area contributed by atoms with Gasteiger partial charge in [-0.05, 0) is 110 Å². The number of non-ortho nitro benzene ring substituents is 1. The Hall–Kier alpha value is -2.97. The lowest BCUT2D eigenvalue weighted by Crippen LogP contribution is -2.59. The van der Waals surface area contributed by atoms with Crippen molar-refractivity contribution in [3.8, 4) is 0 Å². The molecule has 0 bridgehead atoms. The van der Waals surface area contributed by atoms with E-state index in [0.717, 1.165) is 57.8 Å². The van der Waals surface area contributed by atoms with Crippen LogP contribution in [0.5, 0.6) is 0 Å². The number of carbonyl (C=O) groups excluding carboxylic acids is 3. The van der Waals surface area contributed by atoms with E-state index in [9.17, 15) is 24.5 Å². The molecule has 4 saturated carbocycles. The minimum atomic E-state index is -0.488. The normalized spacial score (nSPS) is 37.2. The van der Waals surface area contributed by atoms with Gasteiger partial charge < -0.3 is 14.2 Å². The molecule has 1 aromatic carbocycles. The number of methoxy groups -OCH3 is 1. The van der Waals surface area contributed by atoms with Crippen LogP contribution in [0.25, 0.3) is 0 Å². The summed E-state index contributed by atoms with van der Waals surface area (Å²) in [6, 6.07) is 5.53. The van der Waals surface area contributed by atoms with Crippen LogP contribution in [-0.2, 0) is 23.8 Å². The maximum absolute atomic E-state index is 12.9. The second-order valence-electron chi connectivity index (χ2n) is 14.3. The van der Waals surface area contributed by atoms with Gasteiger partial charge in [0.2, 0.25) is 0 Å². The van der Waals surface area contributed by atoms with E-state index in [-0.39, 0.29) is 46.6 Å². The summed E-state index contributed by atoms with van der Waals surface area (Å²) in [4.78, 5) is 47.7. The van der Waals surface area contributed by atoms with E-state index in [1.54, 1.807) is 0 Å². The first-order valence-electron chi connectivity index (χ1n) is 16.1.